The quantitative estimate of drug-likeness (QED) is 0.0535. The first-order chi connectivity index (χ1) is 68.4. The molecule has 20 aromatic rings. The van der Waals surface area contributed by atoms with Gasteiger partial charge < -0.3 is 43.6 Å². The molecule has 19 heteroatoms. The number of fused-ring (bicyclic) bond motifs is 5. The molecule has 0 fully saturated rings. The van der Waals surface area contributed by atoms with Crippen LogP contribution in [0.25, 0.3) is 111 Å². The summed E-state index contributed by atoms with van der Waals surface area (Å²) in [4.78, 5) is 31.5. The number of hydrogen-bond acceptors (Lipinski definition) is 10. The van der Waals surface area contributed by atoms with Gasteiger partial charge >= 0.3 is 0 Å². The average Bonchev–Trinajstić information content (AvgIpc) is 0.704. The normalized spacial score (nSPS) is 11.8. The van der Waals surface area contributed by atoms with Crippen LogP contribution in [-0.2, 0) is 99.5 Å². The van der Waals surface area contributed by atoms with Gasteiger partial charge in [-0.2, -0.15) is 0 Å². The summed E-state index contributed by atoms with van der Waals surface area (Å²) in [5, 5.41) is 17.8. The second-order valence-electron chi connectivity index (χ2n) is 37.0. The Morgan fingerprint density at radius 3 is 1.17 bits per heavy atom. The van der Waals surface area contributed by atoms with Crippen LogP contribution < -0.4 is 47.7 Å². The minimum absolute atomic E-state index is 0. The van der Waals surface area contributed by atoms with Crippen molar-refractivity contribution in [1.82, 2.24) is 34.9 Å². The number of hydrogen-bond donors (Lipinski definition) is 0. The molecule has 740 valence electrons. The Hall–Kier alpha value is -10.9. The van der Waals surface area contributed by atoms with E-state index in [-0.39, 0.29) is 113 Å². The molecule has 0 atom stereocenters. The minimum atomic E-state index is -3.05. The molecular weight excluding hydrogens is 2580 g/mol. The Bertz CT molecular complexity index is 7310. The van der Waals surface area contributed by atoms with Crippen LogP contribution in [0.1, 0.15) is 108 Å². The van der Waals surface area contributed by atoms with Gasteiger partial charge in [-0.3, -0.25) is 4.98 Å². The van der Waals surface area contributed by atoms with E-state index in [1.54, 1.807) is 24.8 Å². The zero-order valence-corrected chi connectivity index (χ0v) is 97.7. The number of rotatable bonds is 20. The molecular formula is C126H116Ir4N7O3P5-6. The van der Waals surface area contributed by atoms with Crippen LogP contribution in [0.2, 0.25) is 0 Å². The Labute approximate surface area is 913 Å². The SMILES string of the molecule is CC(C)P(=O)(c1ccc2c3c(nccc13)-c1[c-]cccc1C2(C)C)C(C)C.CC(C)P(c1cc[c-]c(-c2nccc3c(P(C(C)C)C(C)C)cccc23)c1)C(C)C.O=P(c1ccccc1)(c1ccccc1)c1cc[c-]c(-c2nccc3ccccc23)c1.O=P(c1ccccc1)(c1ccccc1)c1cc[c-]c(-c2nccc3ccncc23)c1.[Ir].[Ir].[Ir].[Ir].[c-]1ccccc1-c1ccccn1.[c-]1ccccc1-c1ccccn1. The summed E-state index contributed by atoms with van der Waals surface area (Å²) in [7, 11) is -9.06. The monoisotopic (exact) mass is 2700 g/mol. The molecule has 7 aromatic heterocycles. The van der Waals surface area contributed by atoms with Gasteiger partial charge in [0.15, 0.2) is 14.3 Å². The third kappa shape index (κ3) is 25.2. The zero-order chi connectivity index (χ0) is 98.8. The first kappa shape index (κ1) is 113. The molecule has 145 heavy (non-hydrogen) atoms. The van der Waals surface area contributed by atoms with Crippen molar-refractivity contribution in [2.45, 2.75) is 136 Å². The van der Waals surface area contributed by atoms with Crippen LogP contribution in [0, 0.1) is 36.4 Å². The van der Waals surface area contributed by atoms with E-state index in [1.165, 1.54) is 32.5 Å². The van der Waals surface area contributed by atoms with Gasteiger partial charge in [0.25, 0.3) is 0 Å². The van der Waals surface area contributed by atoms with Crippen LogP contribution in [0.4, 0.5) is 0 Å². The summed E-state index contributed by atoms with van der Waals surface area (Å²) in [6.45, 7) is 31.7. The summed E-state index contributed by atoms with van der Waals surface area (Å²) in [5.74, 6) is 0. The van der Waals surface area contributed by atoms with Crippen molar-refractivity contribution in [2.75, 3.05) is 0 Å². The average molecular weight is 2700 g/mol. The number of aromatic nitrogens is 7. The number of benzene rings is 13. The second kappa shape index (κ2) is 52.1. The Balaban J connectivity index is 0.000000158. The molecule has 0 unspecified atom stereocenters. The molecule has 13 aromatic carbocycles. The third-order valence-corrected chi connectivity index (χ3v) is 42.3. The predicted molar refractivity (Wildman–Crippen MR) is 601 cm³/mol. The molecule has 0 spiro atoms. The third-order valence-electron chi connectivity index (χ3n) is 25.7. The molecule has 0 bridgehead atoms. The molecule has 4 radical (unpaired) electrons. The van der Waals surface area contributed by atoms with Gasteiger partial charge in [-0.05, 0) is 159 Å². The first-order valence-electron chi connectivity index (χ1n) is 48.2. The molecule has 0 saturated heterocycles. The molecule has 0 saturated carbocycles. The van der Waals surface area contributed by atoms with E-state index in [0.717, 1.165) is 137 Å². The van der Waals surface area contributed by atoms with Crippen molar-refractivity contribution < 1.29 is 94.1 Å². The van der Waals surface area contributed by atoms with Gasteiger partial charge in [0, 0.05) is 168 Å². The molecule has 1 aliphatic carbocycles. The van der Waals surface area contributed by atoms with Crippen LogP contribution in [0.3, 0.4) is 0 Å². The van der Waals surface area contributed by atoms with Gasteiger partial charge in [-0.15, -0.1) is 202 Å². The van der Waals surface area contributed by atoms with Crippen molar-refractivity contribution in [1.29, 1.82) is 0 Å². The zero-order valence-electron chi connectivity index (χ0n) is 83.6. The van der Waals surface area contributed by atoms with Crippen LogP contribution >= 0.6 is 37.3 Å². The Morgan fingerprint density at radius 2 is 0.690 bits per heavy atom. The van der Waals surface area contributed by atoms with Crippen molar-refractivity contribution in [3.8, 4) is 67.5 Å². The van der Waals surface area contributed by atoms with Gasteiger partial charge in [-0.1, -0.05) is 324 Å². The van der Waals surface area contributed by atoms with E-state index in [2.05, 4.69) is 237 Å². The van der Waals surface area contributed by atoms with E-state index >= 15 is 0 Å². The first-order valence-corrected chi connectivity index (χ1v) is 56.4. The fourth-order valence-corrected chi connectivity index (χ4v) is 33.7. The Morgan fingerprint density at radius 1 is 0.283 bits per heavy atom. The maximum Gasteiger partial charge on any atom is 0.153 e. The number of nitrogens with zero attached hydrogens (tertiary/aromatic N) is 7. The molecule has 21 rings (SSSR count). The van der Waals surface area contributed by atoms with Gasteiger partial charge in [0.1, 0.15) is 7.14 Å². The van der Waals surface area contributed by atoms with E-state index in [0.29, 0.717) is 22.6 Å². The standard InChI is InChI=1S/C27H19NOP.C27H36NP2.C26H18N2OP.C24H27NOP.2C11H8N.4Ir/c29-30(23-12-3-1-4-13-23,24-14-5-2-6-15-24)25-16-9-11-22(20-25)27-26-17-8-7-10-21(26)18-19-28-27;1-18(2)29(19(3)4)23-12-9-11-22(17-23)27-25-13-10-14-26(24(25)15-16-28-27)30(20(5)6)21(7)8;29-30(22-9-3-1-4-10-22,23-11-5-2-6-12-23)24-13-7-8-21(18-24)26-25-19-27-16-14-20(25)15-17-28-26;1-15(2)27(26,16(3)4)21-12-11-20-22-18(21)13-14-25-23(22)17-9-7-8-10-19(17)24(20,5)6;2*1-2-6-10(7-3-1)11-8-4-5-9-12-11;;;;/h1-10,12-20H;9-10,12-21H,1-8H3;1-7,9-19H;7-8,10-16H,1-6H3;2*1-6,8-9H;;;;/q6*-1;;;;. The maximum absolute atomic E-state index is 14.6. The van der Waals surface area contributed by atoms with Crippen LogP contribution in [0.15, 0.2) is 414 Å². The van der Waals surface area contributed by atoms with Gasteiger partial charge in [0.2, 0.25) is 0 Å². The largest absolute Gasteiger partial charge is 0.318 e. The fourth-order valence-electron chi connectivity index (χ4n) is 19.2. The maximum atomic E-state index is 14.6. The predicted octanol–water partition coefficient (Wildman–Crippen LogP) is 28.9. The molecule has 10 nitrogen and oxygen atoms in total. The summed E-state index contributed by atoms with van der Waals surface area (Å²) in [6, 6.07) is 140. The summed E-state index contributed by atoms with van der Waals surface area (Å²) < 4.78 is 43.4. The van der Waals surface area contributed by atoms with Crippen molar-refractivity contribution in [3.63, 3.8) is 0 Å². The second-order valence-corrected chi connectivity index (χ2v) is 53.2. The fraction of sp³-hybridized carbons (Fsp3) is 0.167. The minimum Gasteiger partial charge on any atom is -0.318 e. The summed E-state index contributed by atoms with van der Waals surface area (Å²) >= 11 is 0. The van der Waals surface area contributed by atoms with E-state index in [1.807, 2.05) is 310 Å². The van der Waals surface area contributed by atoms with Crippen LogP contribution in [-0.4, -0.2) is 68.8 Å². The van der Waals surface area contributed by atoms with E-state index < -0.39 is 21.4 Å². The molecule has 0 N–H and O–H groups in total. The van der Waals surface area contributed by atoms with Crippen molar-refractivity contribution in [2.24, 2.45) is 0 Å². The van der Waals surface area contributed by atoms with Crippen molar-refractivity contribution in [3.05, 3.63) is 461 Å². The topological polar surface area (TPSA) is 141 Å². The van der Waals surface area contributed by atoms with Crippen LogP contribution in [0.5, 0.6) is 0 Å². The smallest absolute Gasteiger partial charge is 0.153 e. The summed E-state index contributed by atoms with van der Waals surface area (Å²) in [6.07, 6.45) is 14.6. The van der Waals surface area contributed by atoms with E-state index in [9.17, 15) is 13.7 Å². The number of pyridine rings is 7. The molecule has 7 heterocycles. The molecule has 0 aliphatic heterocycles. The van der Waals surface area contributed by atoms with Crippen molar-refractivity contribution >= 4 is 128 Å². The molecule has 1 aliphatic rings. The Kier molecular flexibility index (Phi) is 40.6. The van der Waals surface area contributed by atoms with Gasteiger partial charge in [0.05, 0.1) is 0 Å². The van der Waals surface area contributed by atoms with E-state index in [4.69, 9.17) is 9.97 Å². The summed E-state index contributed by atoms with van der Waals surface area (Å²) in [5.41, 5.74) is 16.8. The van der Waals surface area contributed by atoms with Gasteiger partial charge in [-0.25, -0.2) is 0 Å². The molecule has 0 amide bonds.